The van der Waals surface area contributed by atoms with Crippen LogP contribution in [0.15, 0.2) is 29.2 Å². The number of carbonyl (C=O) groups excluding carboxylic acids is 1. The molecular weight excluding hydrogens is 384 g/mol. The molecule has 1 amide bonds. The van der Waals surface area contributed by atoms with Crippen molar-refractivity contribution in [1.82, 2.24) is 9.97 Å². The van der Waals surface area contributed by atoms with Gasteiger partial charge in [-0.25, -0.2) is 13.4 Å². The number of rotatable bonds is 6. The number of carbonyl (C=O) groups is 1. The number of thiophene rings is 1. The van der Waals surface area contributed by atoms with Crippen LogP contribution in [-0.4, -0.2) is 30.2 Å². The van der Waals surface area contributed by atoms with E-state index in [0.29, 0.717) is 16.5 Å². The van der Waals surface area contributed by atoms with Gasteiger partial charge < -0.3 is 16.0 Å². The molecule has 142 valence electrons. The highest BCUT2D eigenvalue weighted by molar-refractivity contribution is 7.91. The molecule has 2 aromatic heterocycles. The first-order chi connectivity index (χ1) is 12.8. The van der Waals surface area contributed by atoms with Crippen molar-refractivity contribution in [2.45, 2.75) is 37.0 Å². The number of benzene rings is 1. The number of primary amides is 1. The van der Waals surface area contributed by atoms with Crippen LogP contribution >= 0.6 is 11.3 Å². The van der Waals surface area contributed by atoms with E-state index >= 15 is 0 Å². The average molecular weight is 405 g/mol. The Bertz CT molecular complexity index is 1130. The van der Waals surface area contributed by atoms with Crippen LogP contribution in [0, 0.1) is 6.92 Å². The largest absolute Gasteiger partial charge is 0.371 e. The maximum atomic E-state index is 12.6. The van der Waals surface area contributed by atoms with Crippen molar-refractivity contribution in [2.24, 2.45) is 5.73 Å². The third-order valence-electron chi connectivity index (χ3n) is 4.91. The fourth-order valence-electron chi connectivity index (χ4n) is 3.17. The van der Waals surface area contributed by atoms with Gasteiger partial charge in [-0.1, -0.05) is 6.42 Å². The Balaban J connectivity index is 1.52. The summed E-state index contributed by atoms with van der Waals surface area (Å²) in [4.78, 5) is 20.2. The predicted octanol–water partition coefficient (Wildman–Crippen LogP) is 3.14. The number of nitrogens with zero attached hydrogens (tertiary/aromatic N) is 1. The molecule has 3 aromatic rings. The number of anilines is 1. The van der Waals surface area contributed by atoms with Gasteiger partial charge >= 0.3 is 0 Å². The molecule has 0 aliphatic heterocycles. The summed E-state index contributed by atoms with van der Waals surface area (Å²) in [6.45, 7) is 1.67. The fourth-order valence-corrected chi connectivity index (χ4v) is 5.76. The second-order valence-corrected chi connectivity index (χ2v) is 10.0. The van der Waals surface area contributed by atoms with Crippen molar-refractivity contribution < 1.29 is 13.2 Å². The van der Waals surface area contributed by atoms with Crippen LogP contribution in [0.3, 0.4) is 0 Å². The molecule has 1 saturated carbocycles. The Hall–Kier alpha value is -2.39. The maximum Gasteiger partial charge on any atom is 0.258 e. The molecule has 27 heavy (non-hydrogen) atoms. The van der Waals surface area contributed by atoms with Gasteiger partial charge in [0.15, 0.2) is 9.84 Å². The zero-order chi connectivity index (χ0) is 19.2. The summed E-state index contributed by atoms with van der Waals surface area (Å²) < 4.78 is 25.3. The van der Waals surface area contributed by atoms with E-state index in [9.17, 15) is 13.2 Å². The van der Waals surface area contributed by atoms with Gasteiger partial charge in [0.25, 0.3) is 5.91 Å². The van der Waals surface area contributed by atoms with E-state index in [1.54, 1.807) is 6.92 Å². The highest BCUT2D eigenvalue weighted by atomic mass is 32.2. The summed E-state index contributed by atoms with van der Waals surface area (Å²) in [7, 11) is -3.59. The first-order valence-corrected chi connectivity index (χ1v) is 11.2. The molecule has 0 bridgehead atoms. The van der Waals surface area contributed by atoms with Gasteiger partial charge in [0.1, 0.15) is 11.7 Å². The number of H-pyrrole nitrogens is 1. The van der Waals surface area contributed by atoms with E-state index in [2.05, 4.69) is 15.3 Å². The summed E-state index contributed by atoms with van der Waals surface area (Å²) in [6, 6.07) is 6.92. The number of nitrogens with one attached hydrogen (secondary N) is 2. The second-order valence-electron chi connectivity index (χ2n) is 6.81. The lowest BCUT2D eigenvalue weighted by Crippen LogP contribution is -2.15. The van der Waals surface area contributed by atoms with Crippen molar-refractivity contribution in [1.29, 1.82) is 0 Å². The number of amides is 1. The van der Waals surface area contributed by atoms with E-state index in [1.807, 2.05) is 18.2 Å². The average Bonchev–Trinajstić information content (AvgIpc) is 3.14. The van der Waals surface area contributed by atoms with Crippen molar-refractivity contribution in [3.8, 4) is 0 Å². The van der Waals surface area contributed by atoms with Crippen LogP contribution in [0.1, 0.15) is 45.6 Å². The van der Waals surface area contributed by atoms with Gasteiger partial charge in [-0.2, -0.15) is 0 Å². The number of fused-ring (bicyclic) bond motifs is 1. The van der Waals surface area contributed by atoms with Crippen LogP contribution in [0.4, 0.5) is 5.69 Å². The summed E-state index contributed by atoms with van der Waals surface area (Å²) in [5, 5.41) is 2.96. The van der Waals surface area contributed by atoms with E-state index in [0.717, 1.165) is 41.0 Å². The lowest BCUT2D eigenvalue weighted by atomic mass is 9.85. The number of hydrogen-bond acceptors (Lipinski definition) is 6. The number of sulfone groups is 1. The number of nitrogens with two attached hydrogens (primary N) is 1. The monoisotopic (exact) mass is 404 g/mol. The van der Waals surface area contributed by atoms with E-state index < -0.39 is 15.7 Å². The van der Waals surface area contributed by atoms with Gasteiger partial charge in [0.05, 0.1) is 20.8 Å². The predicted molar refractivity (Wildman–Crippen MR) is 106 cm³/mol. The Labute approximate surface area is 160 Å². The third-order valence-corrected chi connectivity index (χ3v) is 7.72. The van der Waals surface area contributed by atoms with Crippen molar-refractivity contribution in [3.05, 3.63) is 39.8 Å². The fraction of sp³-hybridized carbons (Fsp3) is 0.333. The van der Waals surface area contributed by atoms with Crippen LogP contribution in [0.2, 0.25) is 0 Å². The first kappa shape index (κ1) is 18.0. The highest BCUT2D eigenvalue weighted by Gasteiger charge is 2.23. The molecule has 1 fully saturated rings. The lowest BCUT2D eigenvalue weighted by Gasteiger charge is -2.22. The molecule has 0 atom stereocenters. The molecule has 9 heteroatoms. The minimum absolute atomic E-state index is 0.142. The SMILES string of the molecule is Cc1sc(C(N)=O)cc1S(=O)(=O)CNc1ccc2nc(C3CCC3)[nH]c2c1. The van der Waals surface area contributed by atoms with Crippen LogP contribution < -0.4 is 11.1 Å². The van der Waals surface area contributed by atoms with E-state index in [4.69, 9.17) is 5.73 Å². The molecule has 1 aliphatic carbocycles. The Kier molecular flexibility index (Phi) is 4.43. The van der Waals surface area contributed by atoms with Gasteiger partial charge in [-0.05, 0) is 44.0 Å². The molecule has 7 nitrogen and oxygen atoms in total. The molecule has 1 aliphatic rings. The van der Waals surface area contributed by atoms with Gasteiger partial charge in [-0.15, -0.1) is 11.3 Å². The van der Waals surface area contributed by atoms with Crippen LogP contribution in [0.25, 0.3) is 11.0 Å². The third kappa shape index (κ3) is 3.44. The number of aromatic amines is 1. The molecule has 0 radical (unpaired) electrons. The molecular formula is C18H20N4O3S2. The number of aromatic nitrogens is 2. The smallest absolute Gasteiger partial charge is 0.258 e. The van der Waals surface area contributed by atoms with Crippen LogP contribution in [0.5, 0.6) is 0 Å². The highest BCUT2D eigenvalue weighted by Crippen LogP contribution is 2.35. The Morgan fingerprint density at radius 3 is 2.78 bits per heavy atom. The van der Waals surface area contributed by atoms with E-state index in [-0.39, 0.29) is 15.6 Å². The Morgan fingerprint density at radius 2 is 2.15 bits per heavy atom. The molecule has 4 rings (SSSR count). The second kappa shape index (κ2) is 6.65. The number of aryl methyl sites for hydroxylation is 1. The van der Waals surface area contributed by atoms with Crippen molar-refractivity contribution in [3.63, 3.8) is 0 Å². The molecule has 0 unspecified atom stereocenters. The topological polar surface area (TPSA) is 118 Å². The number of hydrogen-bond donors (Lipinski definition) is 3. The lowest BCUT2D eigenvalue weighted by molar-refractivity contribution is 0.100. The normalized spacial score (nSPS) is 15.0. The minimum atomic E-state index is -3.59. The van der Waals surface area contributed by atoms with Crippen molar-refractivity contribution in [2.75, 3.05) is 11.2 Å². The van der Waals surface area contributed by atoms with Gasteiger partial charge in [-0.3, -0.25) is 4.79 Å². The zero-order valence-electron chi connectivity index (χ0n) is 14.8. The minimum Gasteiger partial charge on any atom is -0.371 e. The van der Waals surface area contributed by atoms with E-state index in [1.165, 1.54) is 12.5 Å². The molecule has 4 N–H and O–H groups in total. The quantitative estimate of drug-likeness (QED) is 0.583. The molecule has 2 heterocycles. The summed E-state index contributed by atoms with van der Waals surface area (Å²) in [6.07, 6.45) is 3.57. The van der Waals surface area contributed by atoms with Gasteiger partial charge in [0, 0.05) is 16.5 Å². The first-order valence-electron chi connectivity index (χ1n) is 8.70. The Morgan fingerprint density at radius 1 is 1.37 bits per heavy atom. The molecule has 0 spiro atoms. The molecule has 0 saturated heterocycles. The van der Waals surface area contributed by atoms with Crippen LogP contribution in [-0.2, 0) is 9.84 Å². The molecule has 1 aromatic carbocycles. The zero-order valence-corrected chi connectivity index (χ0v) is 16.4. The summed E-state index contributed by atoms with van der Waals surface area (Å²) >= 11 is 1.09. The standard InChI is InChI=1S/C18H20N4O3S2/c1-10-16(8-15(26-10)17(19)23)27(24,25)9-20-12-5-6-13-14(7-12)22-18(21-13)11-3-2-4-11/h5-8,11,20H,2-4,9H2,1H3,(H2,19,23)(H,21,22). The number of imidazole rings is 1. The summed E-state index contributed by atoms with van der Waals surface area (Å²) in [5.74, 6) is 0.631. The maximum absolute atomic E-state index is 12.6. The summed E-state index contributed by atoms with van der Waals surface area (Å²) in [5.41, 5.74) is 7.71. The van der Waals surface area contributed by atoms with Crippen molar-refractivity contribution >= 4 is 43.8 Å². The van der Waals surface area contributed by atoms with Gasteiger partial charge in [0.2, 0.25) is 0 Å².